The third-order valence-electron chi connectivity index (χ3n) is 7.63. The zero-order valence-corrected chi connectivity index (χ0v) is 29.6. The van der Waals surface area contributed by atoms with E-state index in [-0.39, 0.29) is 49.5 Å². The van der Waals surface area contributed by atoms with Gasteiger partial charge in [-0.15, -0.1) is 23.2 Å². The molecule has 16 heteroatoms. The molecule has 4 atom stereocenters. The van der Waals surface area contributed by atoms with E-state index >= 15 is 0 Å². The standard InChI is InChI=1S/C13H15Cl4NO3.C7H6Cl4O2.C6H9NO.CH4/c1-6-8(7-4-5-21-18-7)12(17)10(15)9(14)11(6,16)13(12,19-2)20-3;1-12-7(13-2)5(10)3(8)4(9)6(7)11;1-2-3-6-4-5-8-7-6;/h6,8H,4-5H2,1-3H3;1-2H3;2-3H,4-5H2,1H3;1H4/b;;3-2-;. The van der Waals surface area contributed by atoms with E-state index in [1.165, 1.54) is 28.4 Å². The van der Waals surface area contributed by atoms with Crippen LogP contribution in [0.25, 0.3) is 0 Å². The smallest absolute Gasteiger partial charge is 0.246 e. The molecule has 0 amide bonds. The van der Waals surface area contributed by atoms with Gasteiger partial charge in [0.1, 0.15) is 33.0 Å². The molecule has 5 rings (SSSR count). The predicted molar refractivity (Wildman–Crippen MR) is 177 cm³/mol. The Hall–Kier alpha value is 0.0600. The lowest BCUT2D eigenvalue weighted by atomic mass is 9.79. The largest absolute Gasteiger partial charge is 0.395 e. The lowest BCUT2D eigenvalue weighted by Crippen LogP contribution is -2.57. The van der Waals surface area contributed by atoms with Crippen LogP contribution in [0.3, 0.4) is 0 Å². The summed E-state index contributed by atoms with van der Waals surface area (Å²) in [6, 6.07) is 0. The van der Waals surface area contributed by atoms with Crippen LogP contribution < -0.4 is 0 Å². The Morgan fingerprint density at radius 1 is 0.744 bits per heavy atom. The van der Waals surface area contributed by atoms with Crippen LogP contribution in [0.2, 0.25) is 0 Å². The highest BCUT2D eigenvalue weighted by molar-refractivity contribution is 6.54. The molecule has 1 fully saturated rings. The minimum Gasteiger partial charge on any atom is -0.395 e. The average Bonchev–Trinajstić information content (AvgIpc) is 3.78. The van der Waals surface area contributed by atoms with Gasteiger partial charge in [-0.1, -0.05) is 100 Å². The van der Waals surface area contributed by atoms with Gasteiger partial charge in [-0.3, -0.25) is 0 Å². The number of methoxy groups -OCH3 is 4. The Morgan fingerprint density at radius 3 is 1.58 bits per heavy atom. The van der Waals surface area contributed by atoms with Gasteiger partial charge in [0.15, 0.2) is 0 Å². The Morgan fingerprint density at radius 2 is 1.23 bits per heavy atom. The summed E-state index contributed by atoms with van der Waals surface area (Å²) in [4.78, 5) is 7.45. The summed E-state index contributed by atoms with van der Waals surface area (Å²) in [6.45, 7) is 5.19. The Balaban J connectivity index is 0.000000250. The van der Waals surface area contributed by atoms with E-state index in [1.54, 1.807) is 0 Å². The van der Waals surface area contributed by atoms with Crippen molar-refractivity contribution in [3.05, 3.63) is 42.3 Å². The second kappa shape index (κ2) is 15.3. The van der Waals surface area contributed by atoms with Crippen LogP contribution in [0, 0.1) is 11.8 Å². The van der Waals surface area contributed by atoms with Crippen LogP contribution in [-0.2, 0) is 28.6 Å². The van der Waals surface area contributed by atoms with Gasteiger partial charge < -0.3 is 28.6 Å². The van der Waals surface area contributed by atoms with Crippen molar-refractivity contribution < 1.29 is 28.6 Å². The van der Waals surface area contributed by atoms with E-state index in [2.05, 4.69) is 10.3 Å². The fourth-order valence-corrected chi connectivity index (χ4v) is 9.16. The van der Waals surface area contributed by atoms with Crippen molar-refractivity contribution in [3.63, 3.8) is 0 Å². The number of nitrogens with zero attached hydrogens (tertiary/aromatic N) is 2. The number of allylic oxidation sites excluding steroid dienone is 4. The van der Waals surface area contributed by atoms with Crippen molar-refractivity contribution in [1.82, 2.24) is 0 Å². The number of fused-ring (bicyclic) bond motifs is 2. The monoisotopic (exact) mass is 762 g/mol. The Labute approximate surface area is 292 Å². The van der Waals surface area contributed by atoms with Crippen molar-refractivity contribution in [2.24, 2.45) is 22.1 Å². The molecule has 0 saturated heterocycles. The van der Waals surface area contributed by atoms with Gasteiger partial charge in [0, 0.05) is 47.2 Å². The normalized spacial score (nSPS) is 31.7. The van der Waals surface area contributed by atoms with Gasteiger partial charge in [-0.2, -0.15) is 0 Å². The molecular formula is C27H34Cl8N2O6. The van der Waals surface area contributed by atoms with Crippen LogP contribution in [-0.4, -0.2) is 74.4 Å². The number of halogens is 8. The zero-order chi connectivity index (χ0) is 31.7. The first-order valence-electron chi connectivity index (χ1n) is 12.5. The van der Waals surface area contributed by atoms with Crippen molar-refractivity contribution in [2.45, 2.75) is 55.4 Å². The number of hydrogen-bond donors (Lipinski definition) is 0. The summed E-state index contributed by atoms with van der Waals surface area (Å²) in [5, 5.41) is 8.94. The van der Waals surface area contributed by atoms with Crippen molar-refractivity contribution in [1.29, 1.82) is 0 Å². The molecule has 8 nitrogen and oxygen atoms in total. The maximum absolute atomic E-state index is 6.95. The maximum Gasteiger partial charge on any atom is 0.246 e. The van der Waals surface area contributed by atoms with Gasteiger partial charge in [0.25, 0.3) is 0 Å². The Bertz CT molecular complexity index is 1220. The topological polar surface area (TPSA) is 80.1 Å². The molecule has 0 aromatic heterocycles. The number of oxime groups is 2. The van der Waals surface area contributed by atoms with Gasteiger partial charge in [0.05, 0.1) is 31.6 Å². The third kappa shape index (κ3) is 5.89. The second-order valence-corrected chi connectivity index (χ2v) is 12.9. The lowest BCUT2D eigenvalue weighted by molar-refractivity contribution is -0.219. The van der Waals surface area contributed by atoms with Gasteiger partial charge in [0.2, 0.25) is 11.6 Å². The molecule has 2 aliphatic heterocycles. The molecule has 0 aromatic carbocycles. The van der Waals surface area contributed by atoms with Crippen molar-refractivity contribution in [3.8, 4) is 0 Å². The SMILES string of the molecule is C.C/C=C\C1=NOCC1.COC1(OC)C(Cl)=C(Cl)C(Cl)=C1Cl.COC1(OC)C2(Cl)C(Cl)=C(Cl)C1(Cl)C(C1=NOCC1)C2C. The summed E-state index contributed by atoms with van der Waals surface area (Å²) in [7, 11) is 5.76. The van der Waals surface area contributed by atoms with Gasteiger partial charge in [-0.25, -0.2) is 0 Å². The van der Waals surface area contributed by atoms with Crippen LogP contribution in [0.5, 0.6) is 0 Å². The fourth-order valence-electron chi connectivity index (χ4n) is 5.67. The van der Waals surface area contributed by atoms with Crippen molar-refractivity contribution >= 4 is 104 Å². The van der Waals surface area contributed by atoms with Gasteiger partial charge >= 0.3 is 0 Å². The number of alkyl halides is 2. The minimum atomic E-state index is -1.37. The minimum absolute atomic E-state index is 0. The van der Waals surface area contributed by atoms with Crippen LogP contribution in [0.15, 0.2) is 52.7 Å². The number of rotatable bonds is 6. The first-order valence-corrected chi connectivity index (χ1v) is 15.6. The van der Waals surface area contributed by atoms with Crippen LogP contribution in [0.4, 0.5) is 0 Å². The van der Waals surface area contributed by atoms with Crippen LogP contribution >= 0.6 is 92.8 Å². The molecule has 3 aliphatic carbocycles. The molecule has 0 aromatic rings. The first kappa shape index (κ1) is 39.2. The highest BCUT2D eigenvalue weighted by Crippen LogP contribution is 2.74. The molecule has 2 heterocycles. The molecule has 0 spiro atoms. The maximum atomic E-state index is 6.95. The number of hydrogen-bond acceptors (Lipinski definition) is 8. The molecule has 1 saturated carbocycles. The molecule has 0 radical (unpaired) electrons. The molecular weight excluding hydrogens is 732 g/mol. The van der Waals surface area contributed by atoms with E-state index in [0.717, 1.165) is 24.5 Å². The van der Waals surface area contributed by atoms with E-state index in [1.807, 2.05) is 26.0 Å². The van der Waals surface area contributed by atoms with E-state index < -0.39 is 21.3 Å². The first-order chi connectivity index (χ1) is 19.8. The third-order valence-corrected chi connectivity index (χ3v) is 12.3. The average molecular weight is 766 g/mol. The molecule has 0 N–H and O–H groups in total. The summed E-state index contributed by atoms with van der Waals surface area (Å²) in [6.07, 6.45) is 5.56. The molecule has 2 bridgehead atoms. The zero-order valence-electron chi connectivity index (χ0n) is 23.5. The van der Waals surface area contributed by atoms with Crippen molar-refractivity contribution in [2.75, 3.05) is 41.7 Å². The quantitative estimate of drug-likeness (QED) is 0.199. The summed E-state index contributed by atoms with van der Waals surface area (Å²) in [5.41, 5.74) is 1.85. The molecule has 244 valence electrons. The summed E-state index contributed by atoms with van der Waals surface area (Å²) in [5.74, 6) is -3.18. The van der Waals surface area contributed by atoms with Crippen LogP contribution in [0.1, 0.15) is 34.1 Å². The predicted octanol–water partition coefficient (Wildman–Crippen LogP) is 9.02. The summed E-state index contributed by atoms with van der Waals surface area (Å²) < 4.78 is 21.4. The highest BCUT2D eigenvalue weighted by Gasteiger charge is 2.84. The van der Waals surface area contributed by atoms with E-state index in [0.29, 0.717) is 13.0 Å². The molecule has 5 aliphatic rings. The fraction of sp³-hybridized carbons (Fsp3) is 0.630. The highest BCUT2D eigenvalue weighted by atomic mass is 35.5. The number of ether oxygens (including phenoxy) is 4. The van der Waals surface area contributed by atoms with E-state index in [4.69, 9.17) is 121 Å². The van der Waals surface area contributed by atoms with Gasteiger partial charge in [-0.05, 0) is 18.9 Å². The Kier molecular flexibility index (Phi) is 14.0. The van der Waals surface area contributed by atoms with E-state index in [9.17, 15) is 0 Å². The second-order valence-electron chi connectivity index (χ2n) is 9.46. The molecule has 4 unspecified atom stereocenters. The molecule has 43 heavy (non-hydrogen) atoms. The summed E-state index contributed by atoms with van der Waals surface area (Å²) >= 11 is 49.9. The lowest BCUT2D eigenvalue weighted by Gasteiger charge is -2.41.